The molecule has 0 saturated heterocycles. The molecule has 0 N–H and O–H groups in total. The van der Waals surface area contributed by atoms with Crippen LogP contribution in [0.1, 0.15) is 177 Å². The maximum atomic E-state index is 12.0. The van der Waals surface area contributed by atoms with Gasteiger partial charge in [-0.15, -0.1) is 0 Å². The van der Waals surface area contributed by atoms with E-state index >= 15 is 0 Å². The number of allylic oxidation sites excluding steroid dienone is 4. The van der Waals surface area contributed by atoms with Crippen molar-refractivity contribution in [2.24, 2.45) is 0 Å². The van der Waals surface area contributed by atoms with Gasteiger partial charge in [0.05, 0.1) is 5.57 Å². The molecule has 0 fully saturated rings. The van der Waals surface area contributed by atoms with Gasteiger partial charge in [0.25, 0.3) is 0 Å². The van der Waals surface area contributed by atoms with Crippen LogP contribution in [0.25, 0.3) is 16.9 Å². The van der Waals surface area contributed by atoms with E-state index in [2.05, 4.69) is 89.2 Å². The van der Waals surface area contributed by atoms with Crippen LogP contribution in [0.4, 0.5) is 0 Å². The second-order valence-corrected chi connectivity index (χ2v) is 13.8. The van der Waals surface area contributed by atoms with Crippen molar-refractivity contribution in [2.45, 2.75) is 169 Å². The van der Waals surface area contributed by atoms with E-state index in [0.717, 1.165) is 60.2 Å². The molecule has 2 aromatic carbocycles. The highest BCUT2D eigenvalue weighted by Gasteiger charge is 2.29. The first-order valence-electron chi connectivity index (χ1n) is 19.4. The van der Waals surface area contributed by atoms with Crippen LogP contribution in [0.5, 0.6) is 0 Å². The Hall–Kier alpha value is -2.74. The van der Waals surface area contributed by atoms with Crippen molar-refractivity contribution in [1.82, 2.24) is 0 Å². The van der Waals surface area contributed by atoms with Crippen molar-refractivity contribution in [3.63, 3.8) is 0 Å². The van der Waals surface area contributed by atoms with E-state index in [1.54, 1.807) is 0 Å². The van der Waals surface area contributed by atoms with Crippen molar-refractivity contribution in [3.8, 4) is 0 Å². The van der Waals surface area contributed by atoms with Gasteiger partial charge in [-0.3, -0.25) is 0 Å². The number of hydrogen-bond donors (Lipinski definition) is 0. The van der Waals surface area contributed by atoms with E-state index in [-0.39, 0.29) is 0 Å². The molecule has 0 amide bonds. The van der Waals surface area contributed by atoms with Gasteiger partial charge in [-0.05, 0) is 111 Å². The minimum absolute atomic E-state index is 0.909. The summed E-state index contributed by atoms with van der Waals surface area (Å²) < 4.78 is 1.51. The summed E-state index contributed by atoms with van der Waals surface area (Å²) in [4.78, 5) is 0. The summed E-state index contributed by atoms with van der Waals surface area (Å²) in [5.41, 5.74) is 22.9. The molecule has 0 aromatic heterocycles. The molecular weight excluding hydrogens is 556 g/mol. The van der Waals surface area contributed by atoms with E-state index in [4.69, 9.17) is 0 Å². The largest absolute Gasteiger partial charge is 0.493 e. The molecular formula is C44H66N2. The van der Waals surface area contributed by atoms with Crippen molar-refractivity contribution in [2.75, 3.05) is 0 Å². The fourth-order valence-electron chi connectivity index (χ4n) is 6.66. The van der Waals surface area contributed by atoms with Crippen molar-refractivity contribution in [1.29, 1.82) is 0 Å². The average molecular weight is 623 g/mol. The third-order valence-corrected chi connectivity index (χ3v) is 9.48. The SMILES string of the molecule is CCCCCCCCCCC=CC1=C(c2cc(CCCC)cc(CCCC)c2)[N+](=[N-])C(c2cc(CCCC)cc(CCCC)c2)=C1. The summed E-state index contributed by atoms with van der Waals surface area (Å²) in [5, 5.41) is 0. The maximum Gasteiger partial charge on any atom is 0.214 e. The van der Waals surface area contributed by atoms with Gasteiger partial charge in [-0.2, -0.15) is 0 Å². The molecule has 2 heteroatoms. The number of unbranched alkanes of at least 4 members (excludes halogenated alkanes) is 12. The number of benzene rings is 2. The van der Waals surface area contributed by atoms with Crippen LogP contribution in [0, 0.1) is 0 Å². The third kappa shape index (κ3) is 12.5. The minimum atomic E-state index is 0.909. The summed E-state index contributed by atoms with van der Waals surface area (Å²) in [7, 11) is 0. The van der Waals surface area contributed by atoms with Gasteiger partial charge in [0.15, 0.2) is 0 Å². The van der Waals surface area contributed by atoms with E-state index in [0.29, 0.717) is 0 Å². The van der Waals surface area contributed by atoms with Crippen molar-refractivity contribution < 1.29 is 4.70 Å². The molecule has 2 aromatic rings. The van der Waals surface area contributed by atoms with Gasteiger partial charge in [0, 0.05) is 17.2 Å². The molecule has 252 valence electrons. The Morgan fingerprint density at radius 2 is 0.913 bits per heavy atom. The Morgan fingerprint density at radius 1 is 0.500 bits per heavy atom. The molecule has 2 nitrogen and oxygen atoms in total. The maximum absolute atomic E-state index is 12.0. The van der Waals surface area contributed by atoms with E-state index < -0.39 is 0 Å². The molecule has 0 aliphatic carbocycles. The average Bonchev–Trinajstić information content (AvgIpc) is 3.40. The molecule has 46 heavy (non-hydrogen) atoms. The van der Waals surface area contributed by atoms with Crippen LogP contribution in [0.15, 0.2) is 60.2 Å². The van der Waals surface area contributed by atoms with Gasteiger partial charge >= 0.3 is 0 Å². The lowest BCUT2D eigenvalue weighted by Gasteiger charge is -2.14. The summed E-state index contributed by atoms with van der Waals surface area (Å²) in [5.74, 6) is 0. The molecule has 0 radical (unpaired) electrons. The van der Waals surface area contributed by atoms with E-state index in [1.807, 2.05) is 0 Å². The zero-order valence-corrected chi connectivity index (χ0v) is 30.4. The van der Waals surface area contributed by atoms with Crippen LogP contribution < -0.4 is 0 Å². The van der Waals surface area contributed by atoms with E-state index in [9.17, 15) is 5.53 Å². The Morgan fingerprint density at radius 3 is 1.37 bits per heavy atom. The number of aryl methyl sites for hydroxylation is 4. The molecule has 1 heterocycles. The van der Waals surface area contributed by atoms with Crippen LogP contribution >= 0.6 is 0 Å². The zero-order valence-electron chi connectivity index (χ0n) is 30.4. The normalized spacial score (nSPS) is 13.4. The fourth-order valence-corrected chi connectivity index (χ4v) is 6.66. The molecule has 0 unspecified atom stereocenters. The van der Waals surface area contributed by atoms with Crippen molar-refractivity contribution >= 4 is 11.4 Å². The highest BCUT2D eigenvalue weighted by Crippen LogP contribution is 2.38. The standard InChI is InChI=1S/C44H66N2/c1-6-11-16-17-18-19-20-21-22-23-28-40-35-43(41-31-36(24-12-7-2)29-37(32-41)25-13-8-3)46(45)44(40)42-33-38(26-14-9-4)30-39(34-42)27-15-10-5/h23,28-35H,6-22,24-27H2,1-5H3. The molecule has 0 saturated carbocycles. The first-order valence-corrected chi connectivity index (χ1v) is 19.4. The second-order valence-electron chi connectivity index (χ2n) is 13.8. The molecule has 1 aliphatic rings. The highest BCUT2D eigenvalue weighted by atomic mass is 15.2. The highest BCUT2D eigenvalue weighted by molar-refractivity contribution is 5.81. The Balaban J connectivity index is 1.95. The lowest BCUT2D eigenvalue weighted by atomic mass is 9.96. The van der Waals surface area contributed by atoms with Crippen LogP contribution in [0.3, 0.4) is 0 Å². The fraction of sp³-hybridized carbons (Fsp3) is 0.591. The summed E-state index contributed by atoms with van der Waals surface area (Å²) in [6.07, 6.45) is 32.6. The third-order valence-electron chi connectivity index (χ3n) is 9.48. The topological polar surface area (TPSA) is 25.3 Å². The Labute approximate surface area is 284 Å². The summed E-state index contributed by atoms with van der Waals surface area (Å²) >= 11 is 0. The Bertz CT molecular complexity index is 1240. The summed E-state index contributed by atoms with van der Waals surface area (Å²) in [6, 6.07) is 14.2. The quantitative estimate of drug-likeness (QED) is 0.0822. The lowest BCUT2D eigenvalue weighted by Crippen LogP contribution is -2.05. The Kier molecular flexibility index (Phi) is 18.0. The van der Waals surface area contributed by atoms with Gasteiger partial charge in [0.1, 0.15) is 0 Å². The monoisotopic (exact) mass is 623 g/mol. The summed E-state index contributed by atoms with van der Waals surface area (Å²) in [6.45, 7) is 11.4. The van der Waals surface area contributed by atoms with Crippen molar-refractivity contribution in [3.05, 3.63) is 99.1 Å². The van der Waals surface area contributed by atoms with Gasteiger partial charge in [-0.1, -0.05) is 130 Å². The van der Waals surface area contributed by atoms with Crippen LogP contribution in [-0.2, 0) is 25.7 Å². The van der Waals surface area contributed by atoms with Gasteiger partial charge < -0.3 is 5.53 Å². The van der Waals surface area contributed by atoms with Crippen LogP contribution in [0.2, 0.25) is 0 Å². The predicted molar refractivity (Wildman–Crippen MR) is 202 cm³/mol. The number of hydrogen-bond acceptors (Lipinski definition) is 0. The molecule has 1 aliphatic heterocycles. The van der Waals surface area contributed by atoms with E-state index in [1.165, 1.54) is 130 Å². The first-order chi connectivity index (χ1) is 22.5. The molecule has 0 spiro atoms. The second kappa shape index (κ2) is 21.9. The number of rotatable bonds is 24. The molecule has 3 rings (SSSR count). The first kappa shape index (κ1) is 37.7. The van der Waals surface area contributed by atoms with Gasteiger partial charge in [-0.25, -0.2) is 4.70 Å². The van der Waals surface area contributed by atoms with Gasteiger partial charge in [0.2, 0.25) is 11.4 Å². The predicted octanol–water partition coefficient (Wildman–Crippen LogP) is 13.9. The minimum Gasteiger partial charge on any atom is -0.493 e. The molecule has 0 atom stereocenters. The number of nitrogens with zero attached hydrogens (tertiary/aromatic N) is 2. The smallest absolute Gasteiger partial charge is 0.214 e. The van der Waals surface area contributed by atoms with Crippen LogP contribution in [-0.4, -0.2) is 4.70 Å². The zero-order chi connectivity index (χ0) is 33.0. The molecule has 0 bridgehead atoms. The lowest BCUT2D eigenvalue weighted by molar-refractivity contribution is -0.344.